The molecule has 0 radical (unpaired) electrons. The minimum absolute atomic E-state index is 0.278. The number of nitrogens with one attached hydrogen (secondary N) is 1. The van der Waals surface area contributed by atoms with E-state index in [0.717, 1.165) is 0 Å². The van der Waals surface area contributed by atoms with Crippen molar-refractivity contribution in [2.75, 3.05) is 20.3 Å². The second kappa shape index (κ2) is 6.01. The SMILES string of the molecule is COCCNC(=O)c1ccc(F)cc1-n1cnnn1. The van der Waals surface area contributed by atoms with Crippen molar-refractivity contribution >= 4 is 5.91 Å². The Morgan fingerprint density at radius 1 is 1.53 bits per heavy atom. The lowest BCUT2D eigenvalue weighted by atomic mass is 10.1. The van der Waals surface area contributed by atoms with Gasteiger partial charge in [0.25, 0.3) is 5.91 Å². The van der Waals surface area contributed by atoms with Crippen molar-refractivity contribution in [3.05, 3.63) is 35.9 Å². The molecule has 0 unspecified atom stereocenters. The lowest BCUT2D eigenvalue weighted by Crippen LogP contribution is -2.28. The number of hydrogen-bond donors (Lipinski definition) is 1. The average Bonchev–Trinajstić information content (AvgIpc) is 2.92. The highest BCUT2D eigenvalue weighted by molar-refractivity contribution is 5.97. The van der Waals surface area contributed by atoms with Crippen LogP contribution in [0.5, 0.6) is 0 Å². The Bertz CT molecular complexity index is 558. The van der Waals surface area contributed by atoms with Crippen molar-refractivity contribution in [1.29, 1.82) is 0 Å². The van der Waals surface area contributed by atoms with Crippen LogP contribution in [0.3, 0.4) is 0 Å². The molecule has 0 spiro atoms. The number of rotatable bonds is 5. The maximum absolute atomic E-state index is 13.3. The van der Waals surface area contributed by atoms with Crippen LogP contribution in [0.4, 0.5) is 4.39 Å². The number of aromatic nitrogens is 4. The first kappa shape index (κ1) is 13.1. The van der Waals surface area contributed by atoms with E-state index in [9.17, 15) is 9.18 Å². The summed E-state index contributed by atoms with van der Waals surface area (Å²) in [6.07, 6.45) is 1.29. The Kier molecular flexibility index (Phi) is 4.14. The zero-order chi connectivity index (χ0) is 13.7. The van der Waals surface area contributed by atoms with Crippen LogP contribution in [0.25, 0.3) is 5.69 Å². The van der Waals surface area contributed by atoms with Gasteiger partial charge in [-0.1, -0.05) is 0 Å². The highest BCUT2D eigenvalue weighted by atomic mass is 19.1. The Balaban J connectivity index is 2.27. The van der Waals surface area contributed by atoms with E-state index in [2.05, 4.69) is 20.8 Å². The first-order valence-corrected chi connectivity index (χ1v) is 5.52. The molecule has 7 nitrogen and oxygen atoms in total. The van der Waals surface area contributed by atoms with Crippen LogP contribution in [-0.4, -0.2) is 46.4 Å². The fourth-order valence-corrected chi connectivity index (χ4v) is 1.52. The number of tetrazole rings is 1. The van der Waals surface area contributed by atoms with Crippen molar-refractivity contribution in [2.45, 2.75) is 0 Å². The van der Waals surface area contributed by atoms with Crippen LogP contribution in [0.15, 0.2) is 24.5 Å². The van der Waals surface area contributed by atoms with Crippen molar-refractivity contribution in [3.8, 4) is 5.69 Å². The summed E-state index contributed by atoms with van der Waals surface area (Å²) < 4.78 is 19.3. The fraction of sp³-hybridized carbons (Fsp3) is 0.273. The fourth-order valence-electron chi connectivity index (χ4n) is 1.52. The van der Waals surface area contributed by atoms with Gasteiger partial charge >= 0.3 is 0 Å². The summed E-state index contributed by atoms with van der Waals surface area (Å²) in [5.41, 5.74) is 0.560. The van der Waals surface area contributed by atoms with Gasteiger partial charge in [-0.15, -0.1) is 5.10 Å². The Hall–Kier alpha value is -2.35. The summed E-state index contributed by atoms with van der Waals surface area (Å²) in [6.45, 7) is 0.759. The third kappa shape index (κ3) is 3.10. The number of benzene rings is 1. The number of carbonyl (C=O) groups excluding carboxylic acids is 1. The van der Waals surface area contributed by atoms with Crippen LogP contribution in [-0.2, 0) is 4.74 Å². The zero-order valence-electron chi connectivity index (χ0n) is 10.2. The molecule has 0 aliphatic carbocycles. The molecule has 1 amide bonds. The average molecular weight is 265 g/mol. The second-order valence-electron chi connectivity index (χ2n) is 3.66. The molecule has 1 heterocycles. The van der Waals surface area contributed by atoms with E-state index in [-0.39, 0.29) is 17.2 Å². The van der Waals surface area contributed by atoms with E-state index in [1.165, 1.54) is 36.3 Å². The van der Waals surface area contributed by atoms with Gasteiger partial charge in [-0.2, -0.15) is 4.68 Å². The summed E-state index contributed by atoms with van der Waals surface area (Å²) in [4.78, 5) is 12.0. The van der Waals surface area contributed by atoms with E-state index in [1.54, 1.807) is 0 Å². The van der Waals surface area contributed by atoms with Crippen molar-refractivity contribution in [2.24, 2.45) is 0 Å². The molecular weight excluding hydrogens is 253 g/mol. The lowest BCUT2D eigenvalue weighted by molar-refractivity contribution is 0.0937. The molecule has 0 aliphatic rings. The smallest absolute Gasteiger partial charge is 0.253 e. The van der Waals surface area contributed by atoms with Crippen LogP contribution < -0.4 is 5.32 Å². The Labute approximate surface area is 108 Å². The van der Waals surface area contributed by atoms with Crippen molar-refractivity contribution in [1.82, 2.24) is 25.5 Å². The number of amides is 1. The molecule has 0 saturated carbocycles. The maximum Gasteiger partial charge on any atom is 0.253 e. The number of nitrogens with zero attached hydrogens (tertiary/aromatic N) is 4. The van der Waals surface area contributed by atoms with Gasteiger partial charge in [0.2, 0.25) is 0 Å². The van der Waals surface area contributed by atoms with E-state index in [0.29, 0.717) is 13.2 Å². The van der Waals surface area contributed by atoms with Gasteiger partial charge in [0.05, 0.1) is 17.9 Å². The molecule has 0 atom stereocenters. The van der Waals surface area contributed by atoms with Crippen molar-refractivity contribution < 1.29 is 13.9 Å². The predicted octanol–water partition coefficient (Wildman–Crippen LogP) is 0.178. The summed E-state index contributed by atoms with van der Waals surface area (Å²) in [5, 5.41) is 13.2. The largest absolute Gasteiger partial charge is 0.383 e. The molecule has 1 N–H and O–H groups in total. The molecular formula is C11H12FN5O2. The number of halogens is 1. The summed E-state index contributed by atoms with van der Waals surface area (Å²) in [7, 11) is 1.54. The minimum Gasteiger partial charge on any atom is -0.383 e. The number of ether oxygens (including phenoxy) is 1. The highest BCUT2D eigenvalue weighted by Crippen LogP contribution is 2.14. The first-order valence-electron chi connectivity index (χ1n) is 5.52. The molecule has 0 saturated heterocycles. The van der Waals surface area contributed by atoms with Gasteiger partial charge < -0.3 is 10.1 Å². The Morgan fingerprint density at radius 3 is 3.05 bits per heavy atom. The summed E-state index contributed by atoms with van der Waals surface area (Å²) in [6, 6.07) is 3.79. The predicted molar refractivity (Wildman–Crippen MR) is 63.3 cm³/mol. The van der Waals surface area contributed by atoms with Gasteiger partial charge in [0.15, 0.2) is 0 Å². The molecule has 100 valence electrons. The molecule has 19 heavy (non-hydrogen) atoms. The highest BCUT2D eigenvalue weighted by Gasteiger charge is 2.14. The first-order chi connectivity index (χ1) is 9.22. The minimum atomic E-state index is -0.473. The van der Waals surface area contributed by atoms with Crippen LogP contribution in [0, 0.1) is 5.82 Å². The van der Waals surface area contributed by atoms with Gasteiger partial charge in [-0.3, -0.25) is 4.79 Å². The molecule has 2 aromatic rings. The molecule has 2 rings (SSSR count). The summed E-state index contributed by atoms with van der Waals surface area (Å²) >= 11 is 0. The van der Waals surface area contributed by atoms with Crippen molar-refractivity contribution in [3.63, 3.8) is 0 Å². The molecule has 0 fully saturated rings. The molecule has 0 aliphatic heterocycles. The Morgan fingerprint density at radius 2 is 2.37 bits per heavy atom. The van der Waals surface area contributed by atoms with Gasteiger partial charge in [0.1, 0.15) is 12.1 Å². The van der Waals surface area contributed by atoms with Gasteiger partial charge in [-0.05, 0) is 22.6 Å². The van der Waals surface area contributed by atoms with Crippen LogP contribution >= 0.6 is 0 Å². The monoisotopic (exact) mass is 265 g/mol. The normalized spacial score (nSPS) is 10.4. The quantitative estimate of drug-likeness (QED) is 0.780. The third-order valence-electron chi connectivity index (χ3n) is 2.39. The molecule has 1 aromatic carbocycles. The zero-order valence-corrected chi connectivity index (χ0v) is 10.2. The number of methoxy groups -OCH3 is 1. The van der Waals surface area contributed by atoms with E-state index in [1.807, 2.05) is 0 Å². The maximum atomic E-state index is 13.3. The van der Waals surface area contributed by atoms with Gasteiger partial charge in [-0.25, -0.2) is 4.39 Å². The molecule has 0 bridgehead atoms. The third-order valence-corrected chi connectivity index (χ3v) is 2.39. The number of hydrogen-bond acceptors (Lipinski definition) is 5. The van der Waals surface area contributed by atoms with Crippen LogP contribution in [0.2, 0.25) is 0 Å². The van der Waals surface area contributed by atoms with Crippen LogP contribution in [0.1, 0.15) is 10.4 Å². The van der Waals surface area contributed by atoms with E-state index >= 15 is 0 Å². The van der Waals surface area contributed by atoms with E-state index in [4.69, 9.17) is 4.74 Å². The second-order valence-corrected chi connectivity index (χ2v) is 3.66. The van der Waals surface area contributed by atoms with E-state index < -0.39 is 5.82 Å². The lowest BCUT2D eigenvalue weighted by Gasteiger charge is -2.09. The topological polar surface area (TPSA) is 81.9 Å². The summed E-state index contributed by atoms with van der Waals surface area (Å²) in [5.74, 6) is -0.818. The molecule has 1 aromatic heterocycles. The molecule has 8 heteroatoms. The van der Waals surface area contributed by atoms with Gasteiger partial charge in [0, 0.05) is 19.7 Å². The number of carbonyl (C=O) groups is 1. The standard InChI is InChI=1S/C11H12FN5O2/c1-19-5-4-13-11(18)9-3-2-8(12)6-10(9)17-7-14-15-16-17/h2-3,6-7H,4-5H2,1H3,(H,13,18).